The number of aliphatic hydroxyl groups excluding tert-OH is 1. The third-order valence-corrected chi connectivity index (χ3v) is 3.18. The molecule has 0 spiro atoms. The van der Waals surface area contributed by atoms with Crippen molar-refractivity contribution in [1.29, 1.82) is 5.26 Å². The van der Waals surface area contributed by atoms with E-state index < -0.39 is 0 Å². The van der Waals surface area contributed by atoms with Crippen molar-refractivity contribution in [1.82, 2.24) is 0 Å². The van der Waals surface area contributed by atoms with Gasteiger partial charge in [-0.2, -0.15) is 5.26 Å². The summed E-state index contributed by atoms with van der Waals surface area (Å²) in [7, 11) is 0. The first-order valence-corrected chi connectivity index (χ1v) is 6.20. The molecule has 0 radical (unpaired) electrons. The summed E-state index contributed by atoms with van der Waals surface area (Å²) in [6, 6.07) is 7.74. The lowest BCUT2D eigenvalue weighted by atomic mass is 10.2. The summed E-state index contributed by atoms with van der Waals surface area (Å²) in [5.74, 6) is 0. The molecule has 2 rings (SSSR count). The molecule has 17 heavy (non-hydrogen) atoms. The second kappa shape index (κ2) is 5.50. The summed E-state index contributed by atoms with van der Waals surface area (Å²) in [4.78, 5) is 2.12. The van der Waals surface area contributed by atoms with Crippen molar-refractivity contribution >= 4 is 21.6 Å². The summed E-state index contributed by atoms with van der Waals surface area (Å²) >= 11 is 3.39. The number of nitriles is 1. The van der Waals surface area contributed by atoms with Crippen LogP contribution < -0.4 is 4.90 Å². The van der Waals surface area contributed by atoms with Crippen LogP contribution in [0.1, 0.15) is 5.56 Å². The monoisotopic (exact) mass is 296 g/mol. The van der Waals surface area contributed by atoms with Crippen LogP contribution in [-0.4, -0.2) is 37.5 Å². The Kier molecular flexibility index (Phi) is 4.00. The summed E-state index contributed by atoms with van der Waals surface area (Å²) in [5, 5.41) is 18.0. The minimum Gasteiger partial charge on any atom is -0.394 e. The van der Waals surface area contributed by atoms with Crippen LogP contribution in [0.4, 0.5) is 5.69 Å². The minimum atomic E-state index is -0.145. The molecule has 0 amide bonds. The number of nitrogens with zero attached hydrogens (tertiary/aromatic N) is 2. The number of aliphatic hydroxyl groups is 1. The van der Waals surface area contributed by atoms with Crippen LogP contribution in [0.2, 0.25) is 0 Å². The fraction of sp³-hybridized carbons (Fsp3) is 0.417. The summed E-state index contributed by atoms with van der Waals surface area (Å²) in [5.41, 5.74) is 1.61. The van der Waals surface area contributed by atoms with E-state index in [0.717, 1.165) is 16.7 Å². The number of halogens is 1. The second-order valence-electron chi connectivity index (χ2n) is 3.93. The Morgan fingerprint density at radius 1 is 1.53 bits per heavy atom. The molecule has 0 bridgehead atoms. The summed E-state index contributed by atoms with van der Waals surface area (Å²) < 4.78 is 6.28. The predicted octanol–water partition coefficient (Wildman–Crippen LogP) is 1.52. The molecule has 4 nitrogen and oxygen atoms in total. The first kappa shape index (κ1) is 12.4. The van der Waals surface area contributed by atoms with Gasteiger partial charge in [-0.1, -0.05) is 15.9 Å². The van der Waals surface area contributed by atoms with Gasteiger partial charge in [-0.25, -0.2) is 0 Å². The number of hydrogen-bond acceptors (Lipinski definition) is 4. The van der Waals surface area contributed by atoms with Crippen LogP contribution in [0.25, 0.3) is 0 Å². The summed E-state index contributed by atoms with van der Waals surface area (Å²) in [6.45, 7) is 2.05. The van der Waals surface area contributed by atoms with Crippen molar-refractivity contribution in [2.45, 2.75) is 6.10 Å². The van der Waals surface area contributed by atoms with Gasteiger partial charge in [0.15, 0.2) is 0 Å². The molecule has 1 unspecified atom stereocenters. The molecule has 5 heteroatoms. The van der Waals surface area contributed by atoms with E-state index in [-0.39, 0.29) is 12.7 Å². The van der Waals surface area contributed by atoms with Gasteiger partial charge in [-0.15, -0.1) is 0 Å². The minimum absolute atomic E-state index is 0.0234. The molecule has 1 aliphatic rings. The van der Waals surface area contributed by atoms with Crippen LogP contribution in [0, 0.1) is 11.3 Å². The molecule has 1 fully saturated rings. The van der Waals surface area contributed by atoms with Crippen molar-refractivity contribution in [2.24, 2.45) is 0 Å². The highest BCUT2D eigenvalue weighted by atomic mass is 79.9. The Bertz CT molecular complexity index is 445. The zero-order valence-corrected chi connectivity index (χ0v) is 10.9. The molecule has 1 saturated heterocycles. The van der Waals surface area contributed by atoms with Crippen LogP contribution in [0.5, 0.6) is 0 Å². The number of anilines is 1. The van der Waals surface area contributed by atoms with E-state index in [0.29, 0.717) is 18.7 Å². The second-order valence-corrected chi connectivity index (χ2v) is 4.85. The largest absolute Gasteiger partial charge is 0.394 e. The van der Waals surface area contributed by atoms with E-state index in [1.807, 2.05) is 12.1 Å². The van der Waals surface area contributed by atoms with Crippen molar-refractivity contribution < 1.29 is 9.84 Å². The molecule has 1 N–H and O–H groups in total. The van der Waals surface area contributed by atoms with Gasteiger partial charge in [0.25, 0.3) is 0 Å². The van der Waals surface area contributed by atoms with Crippen molar-refractivity contribution in [2.75, 3.05) is 31.2 Å². The smallest absolute Gasteiger partial charge is 0.0992 e. The molecular formula is C12H13BrN2O2. The molecule has 1 atom stereocenters. The molecule has 90 valence electrons. The molecule has 0 aromatic heterocycles. The maximum absolute atomic E-state index is 9.10. The van der Waals surface area contributed by atoms with E-state index in [9.17, 15) is 0 Å². The van der Waals surface area contributed by atoms with Crippen LogP contribution >= 0.6 is 15.9 Å². The van der Waals surface area contributed by atoms with Crippen LogP contribution in [-0.2, 0) is 4.74 Å². The fourth-order valence-corrected chi connectivity index (χ4v) is 2.37. The molecule has 0 saturated carbocycles. The predicted molar refractivity (Wildman–Crippen MR) is 67.9 cm³/mol. The van der Waals surface area contributed by atoms with Gasteiger partial charge < -0.3 is 14.7 Å². The quantitative estimate of drug-likeness (QED) is 0.899. The van der Waals surface area contributed by atoms with Crippen molar-refractivity contribution in [3.63, 3.8) is 0 Å². The highest BCUT2D eigenvalue weighted by Crippen LogP contribution is 2.24. The molecule has 1 aromatic carbocycles. The topological polar surface area (TPSA) is 56.5 Å². The Morgan fingerprint density at radius 2 is 2.35 bits per heavy atom. The Morgan fingerprint density at radius 3 is 3.06 bits per heavy atom. The van der Waals surface area contributed by atoms with E-state index in [1.165, 1.54) is 0 Å². The maximum Gasteiger partial charge on any atom is 0.0992 e. The lowest BCUT2D eigenvalue weighted by Crippen LogP contribution is -2.44. The van der Waals surface area contributed by atoms with Crippen molar-refractivity contribution in [3.05, 3.63) is 28.2 Å². The van der Waals surface area contributed by atoms with Gasteiger partial charge in [0, 0.05) is 23.2 Å². The van der Waals surface area contributed by atoms with Crippen LogP contribution in [0.3, 0.4) is 0 Å². The number of rotatable bonds is 2. The van der Waals surface area contributed by atoms with Gasteiger partial charge in [-0.3, -0.25) is 0 Å². The standard InChI is InChI=1S/C12H13BrN2O2/c13-10-3-9(6-14)4-11(5-10)15-1-2-17-12(7-15)8-16/h3-5,12,16H,1-2,7-8H2. The van der Waals surface area contributed by atoms with Gasteiger partial charge in [0.05, 0.1) is 31.0 Å². The Hall–Kier alpha value is -1.09. The highest BCUT2D eigenvalue weighted by molar-refractivity contribution is 9.10. The lowest BCUT2D eigenvalue weighted by molar-refractivity contribution is 0.00356. The zero-order valence-electron chi connectivity index (χ0n) is 9.27. The van der Waals surface area contributed by atoms with Gasteiger partial charge in [0.2, 0.25) is 0 Å². The van der Waals surface area contributed by atoms with E-state index in [2.05, 4.69) is 26.9 Å². The van der Waals surface area contributed by atoms with E-state index in [1.54, 1.807) is 6.07 Å². The van der Waals surface area contributed by atoms with Crippen LogP contribution in [0.15, 0.2) is 22.7 Å². The van der Waals surface area contributed by atoms with E-state index >= 15 is 0 Å². The Labute approximate surface area is 109 Å². The highest BCUT2D eigenvalue weighted by Gasteiger charge is 2.20. The molecule has 0 aliphatic carbocycles. The molecular weight excluding hydrogens is 284 g/mol. The Balaban J connectivity index is 2.21. The van der Waals surface area contributed by atoms with E-state index in [4.69, 9.17) is 15.1 Å². The van der Waals surface area contributed by atoms with Gasteiger partial charge in [-0.05, 0) is 18.2 Å². The number of morpholine rings is 1. The molecule has 1 aliphatic heterocycles. The first-order valence-electron chi connectivity index (χ1n) is 5.41. The zero-order chi connectivity index (χ0) is 12.3. The average molecular weight is 297 g/mol. The SMILES string of the molecule is N#Cc1cc(Br)cc(N2CCOC(CO)C2)c1. The fourth-order valence-electron chi connectivity index (χ4n) is 1.89. The normalized spacial score (nSPS) is 20.1. The number of hydrogen-bond donors (Lipinski definition) is 1. The van der Waals surface area contributed by atoms with Gasteiger partial charge in [0.1, 0.15) is 0 Å². The number of ether oxygens (including phenoxy) is 1. The third kappa shape index (κ3) is 2.97. The maximum atomic E-state index is 9.10. The number of benzene rings is 1. The molecule has 1 aromatic rings. The molecule has 1 heterocycles. The third-order valence-electron chi connectivity index (χ3n) is 2.72. The summed E-state index contributed by atoms with van der Waals surface area (Å²) in [6.07, 6.45) is -0.145. The lowest BCUT2D eigenvalue weighted by Gasteiger charge is -2.33. The van der Waals surface area contributed by atoms with Crippen molar-refractivity contribution in [3.8, 4) is 6.07 Å². The van der Waals surface area contributed by atoms with Gasteiger partial charge >= 0.3 is 0 Å². The average Bonchev–Trinajstić information content (AvgIpc) is 2.38. The first-order chi connectivity index (χ1) is 8.22.